The van der Waals surface area contributed by atoms with Gasteiger partial charge in [0, 0.05) is 47.0 Å². The molecule has 30 heavy (non-hydrogen) atoms. The second-order valence-electron chi connectivity index (χ2n) is 6.51. The summed E-state index contributed by atoms with van der Waals surface area (Å²) in [6.07, 6.45) is 5.34. The number of H-pyrrole nitrogens is 2. The lowest BCUT2D eigenvalue weighted by molar-refractivity contribution is -0.110. The summed E-state index contributed by atoms with van der Waals surface area (Å²) in [7, 11) is 0. The van der Waals surface area contributed by atoms with Gasteiger partial charge < -0.3 is 14.7 Å². The van der Waals surface area contributed by atoms with Crippen molar-refractivity contribution in [2.24, 2.45) is 0 Å². The number of hydrogen-bond acceptors (Lipinski definition) is 6. The molecule has 0 unspecified atom stereocenters. The van der Waals surface area contributed by atoms with Gasteiger partial charge in [-0.1, -0.05) is 11.6 Å². The minimum atomic E-state index is -0.0148. The first-order valence-electron chi connectivity index (χ1n) is 9.05. The first kappa shape index (κ1) is 18.7. The fourth-order valence-electron chi connectivity index (χ4n) is 3.12. The normalized spacial score (nSPS) is 11.2. The summed E-state index contributed by atoms with van der Waals surface area (Å²) >= 11 is 7.08. The van der Waals surface area contributed by atoms with E-state index in [-0.39, 0.29) is 17.5 Å². The van der Waals surface area contributed by atoms with Gasteiger partial charge in [0.05, 0.1) is 11.0 Å². The largest absolute Gasteiger partial charge is 0.424 e. The van der Waals surface area contributed by atoms with Crippen molar-refractivity contribution in [2.75, 3.05) is 0 Å². The highest BCUT2D eigenvalue weighted by molar-refractivity contribution is 8.13. The molecule has 0 aliphatic heterocycles. The molecule has 0 spiro atoms. The van der Waals surface area contributed by atoms with Gasteiger partial charge in [0.1, 0.15) is 5.75 Å². The van der Waals surface area contributed by atoms with E-state index >= 15 is 0 Å². The molecule has 0 radical (unpaired) electrons. The Morgan fingerprint density at radius 1 is 1.10 bits per heavy atom. The molecule has 148 valence electrons. The third-order valence-electron chi connectivity index (χ3n) is 4.46. The van der Waals surface area contributed by atoms with Crippen LogP contribution in [-0.2, 0) is 11.2 Å². The van der Waals surface area contributed by atoms with Crippen LogP contribution in [-0.4, -0.2) is 30.0 Å². The van der Waals surface area contributed by atoms with Crippen LogP contribution in [0.4, 0.5) is 0 Å². The highest BCUT2D eigenvalue weighted by Gasteiger charge is 2.14. The quantitative estimate of drug-likeness (QED) is 0.371. The summed E-state index contributed by atoms with van der Waals surface area (Å²) < 4.78 is 5.66. The number of hydrogen-bond donors (Lipinski definition) is 2. The second kappa shape index (κ2) is 7.81. The highest BCUT2D eigenvalue weighted by Crippen LogP contribution is 2.28. The number of thioether (sulfide) groups is 1. The summed E-state index contributed by atoms with van der Waals surface area (Å²) in [4.78, 5) is 31.5. The van der Waals surface area contributed by atoms with Gasteiger partial charge in [-0.2, -0.15) is 0 Å². The van der Waals surface area contributed by atoms with Crippen LogP contribution in [0.2, 0.25) is 5.02 Å². The Hall–Kier alpha value is -3.36. The predicted molar refractivity (Wildman–Crippen MR) is 116 cm³/mol. The fraction of sp³-hybridized carbons (Fsp3) is 0.0476. The monoisotopic (exact) mass is 435 g/mol. The Bertz CT molecular complexity index is 1370. The molecule has 0 amide bonds. The van der Waals surface area contributed by atoms with E-state index in [9.17, 15) is 4.79 Å². The zero-order chi connectivity index (χ0) is 20.5. The zero-order valence-electron chi connectivity index (χ0n) is 15.4. The molecule has 0 aliphatic carbocycles. The third-order valence-corrected chi connectivity index (χ3v) is 5.45. The van der Waals surface area contributed by atoms with Crippen LogP contribution in [0.3, 0.4) is 0 Å². The summed E-state index contributed by atoms with van der Waals surface area (Å²) in [5.41, 5.74) is 3.36. The number of nitrogens with zero attached hydrogens (tertiary/aromatic N) is 3. The topological polar surface area (TPSA) is 96.6 Å². The fourth-order valence-corrected chi connectivity index (χ4v) is 4.04. The van der Waals surface area contributed by atoms with E-state index < -0.39 is 0 Å². The summed E-state index contributed by atoms with van der Waals surface area (Å²) in [6, 6.07) is 13.0. The number of nitrogens with one attached hydrogen (secondary N) is 2. The molecule has 0 saturated heterocycles. The number of ether oxygens (including phenoxy) is 1. The van der Waals surface area contributed by atoms with Crippen molar-refractivity contribution in [1.82, 2.24) is 24.9 Å². The highest BCUT2D eigenvalue weighted by atomic mass is 35.5. The summed E-state index contributed by atoms with van der Waals surface area (Å²) in [6.45, 7) is 0. The van der Waals surface area contributed by atoms with E-state index in [1.54, 1.807) is 30.6 Å². The molecule has 7 nitrogen and oxygen atoms in total. The number of benzene rings is 2. The maximum absolute atomic E-state index is 12.6. The van der Waals surface area contributed by atoms with E-state index in [1.807, 2.05) is 30.5 Å². The van der Waals surface area contributed by atoms with Crippen LogP contribution in [0.1, 0.15) is 5.56 Å². The number of aromatic nitrogens is 5. The van der Waals surface area contributed by atoms with Gasteiger partial charge in [-0.3, -0.25) is 4.79 Å². The lowest BCUT2D eigenvalue weighted by atomic mass is 10.1. The zero-order valence-corrected chi connectivity index (χ0v) is 17.0. The van der Waals surface area contributed by atoms with Gasteiger partial charge in [-0.25, -0.2) is 15.0 Å². The maximum Gasteiger partial charge on any atom is 0.321 e. The van der Waals surface area contributed by atoms with Gasteiger partial charge >= 0.3 is 6.01 Å². The molecule has 2 aromatic carbocycles. The molecule has 5 aromatic rings. The first-order valence-corrected chi connectivity index (χ1v) is 10.2. The summed E-state index contributed by atoms with van der Waals surface area (Å²) in [5, 5.41) is 2.11. The van der Waals surface area contributed by atoms with E-state index in [2.05, 4.69) is 24.9 Å². The van der Waals surface area contributed by atoms with Gasteiger partial charge in [0.2, 0.25) is 5.12 Å². The standard InChI is InChI=1S/C21H14ClN5O2S/c22-13-2-5-16-18(9-13)27-21(26-16)30-19(28)8-12-11-25-17-10-14(3-4-15(12)17)29-20-23-6-1-7-24-20/h1-7,9-11,25H,8H2,(H,26,27). The van der Waals surface area contributed by atoms with Crippen molar-refractivity contribution in [3.8, 4) is 11.8 Å². The molecule has 5 rings (SSSR count). The minimum absolute atomic E-state index is 0.0148. The van der Waals surface area contributed by atoms with Crippen molar-refractivity contribution >= 4 is 50.4 Å². The molecule has 9 heteroatoms. The van der Waals surface area contributed by atoms with Gasteiger partial charge in [0.15, 0.2) is 5.16 Å². The number of aromatic amines is 2. The Morgan fingerprint density at radius 2 is 1.97 bits per heavy atom. The molecule has 0 saturated carbocycles. The van der Waals surface area contributed by atoms with Crippen molar-refractivity contribution < 1.29 is 9.53 Å². The number of carbonyl (C=O) groups excluding carboxylic acids is 1. The Labute approximate surface area is 179 Å². The Kier molecular flexibility index (Phi) is 4.86. The van der Waals surface area contributed by atoms with Gasteiger partial charge in [-0.05, 0) is 53.7 Å². The smallest absolute Gasteiger partial charge is 0.321 e. The van der Waals surface area contributed by atoms with Crippen LogP contribution in [0.25, 0.3) is 21.9 Å². The van der Waals surface area contributed by atoms with E-state index in [0.29, 0.717) is 15.9 Å². The molecule has 0 bridgehead atoms. The van der Waals surface area contributed by atoms with Crippen molar-refractivity contribution in [3.05, 3.63) is 71.6 Å². The number of carbonyl (C=O) groups is 1. The molecular formula is C21H14ClN5O2S. The number of halogens is 1. The molecule has 0 atom stereocenters. The van der Waals surface area contributed by atoms with Gasteiger partial charge in [0.25, 0.3) is 0 Å². The van der Waals surface area contributed by atoms with Crippen molar-refractivity contribution in [2.45, 2.75) is 11.6 Å². The average Bonchev–Trinajstić information content (AvgIpc) is 3.31. The lowest BCUT2D eigenvalue weighted by Crippen LogP contribution is -1.97. The number of rotatable bonds is 5. The molecule has 0 aliphatic rings. The molecule has 3 heterocycles. The van der Waals surface area contributed by atoms with E-state index in [0.717, 1.165) is 39.3 Å². The minimum Gasteiger partial charge on any atom is -0.424 e. The predicted octanol–water partition coefficient (Wildman–Crippen LogP) is 5.14. The average molecular weight is 436 g/mol. The Balaban J connectivity index is 1.31. The van der Waals surface area contributed by atoms with Crippen LogP contribution >= 0.6 is 23.4 Å². The second-order valence-corrected chi connectivity index (χ2v) is 7.99. The Morgan fingerprint density at radius 3 is 2.83 bits per heavy atom. The molecular weight excluding hydrogens is 422 g/mol. The maximum atomic E-state index is 12.6. The van der Waals surface area contributed by atoms with E-state index in [1.165, 1.54) is 0 Å². The summed E-state index contributed by atoms with van der Waals surface area (Å²) in [5.74, 6) is 0.615. The molecule has 2 N–H and O–H groups in total. The van der Waals surface area contributed by atoms with Crippen LogP contribution < -0.4 is 4.74 Å². The SMILES string of the molecule is O=C(Cc1c[nH]c2cc(Oc3ncccn3)ccc12)Sc1nc2cc(Cl)ccc2[nH]1. The number of imidazole rings is 1. The van der Waals surface area contributed by atoms with Crippen LogP contribution in [0.15, 0.2) is 66.2 Å². The van der Waals surface area contributed by atoms with E-state index in [4.69, 9.17) is 16.3 Å². The lowest BCUT2D eigenvalue weighted by Gasteiger charge is -2.03. The third kappa shape index (κ3) is 3.87. The van der Waals surface area contributed by atoms with Crippen molar-refractivity contribution in [1.29, 1.82) is 0 Å². The molecule has 0 fully saturated rings. The van der Waals surface area contributed by atoms with Crippen LogP contribution in [0, 0.1) is 0 Å². The van der Waals surface area contributed by atoms with Crippen LogP contribution in [0.5, 0.6) is 11.8 Å². The first-order chi connectivity index (χ1) is 14.6. The molecule has 3 aromatic heterocycles. The number of fused-ring (bicyclic) bond motifs is 2. The van der Waals surface area contributed by atoms with Gasteiger partial charge in [-0.15, -0.1) is 0 Å². The van der Waals surface area contributed by atoms with Crippen molar-refractivity contribution in [3.63, 3.8) is 0 Å².